The molecule has 4 nitrogen and oxygen atoms in total. The molecule has 0 bridgehead atoms. The average Bonchev–Trinajstić information content (AvgIpc) is 2.28. The van der Waals surface area contributed by atoms with Gasteiger partial charge < -0.3 is 15.3 Å². The molecule has 2 unspecified atom stereocenters. The molecule has 16 heavy (non-hydrogen) atoms. The standard InChI is InChI=1S/C10H10F2O4/c11-7-2-1-5(9(12)6(7)3-13)10(16)8(15)4-14/h1-3,8,10,14-16H,4H2. The van der Waals surface area contributed by atoms with Gasteiger partial charge in [-0.15, -0.1) is 0 Å². The number of benzene rings is 1. The minimum atomic E-state index is -1.72. The van der Waals surface area contributed by atoms with Crippen molar-refractivity contribution in [3.63, 3.8) is 0 Å². The summed E-state index contributed by atoms with van der Waals surface area (Å²) < 4.78 is 26.4. The maximum Gasteiger partial charge on any atom is 0.155 e. The van der Waals surface area contributed by atoms with Crippen LogP contribution in [0, 0.1) is 11.6 Å². The van der Waals surface area contributed by atoms with E-state index in [9.17, 15) is 18.7 Å². The van der Waals surface area contributed by atoms with Gasteiger partial charge in [-0.3, -0.25) is 4.79 Å². The third-order valence-electron chi connectivity index (χ3n) is 2.14. The molecule has 0 saturated heterocycles. The van der Waals surface area contributed by atoms with Crippen molar-refractivity contribution in [2.45, 2.75) is 12.2 Å². The van der Waals surface area contributed by atoms with Gasteiger partial charge >= 0.3 is 0 Å². The molecular weight excluding hydrogens is 222 g/mol. The third kappa shape index (κ3) is 2.24. The van der Waals surface area contributed by atoms with Crippen LogP contribution in [0.3, 0.4) is 0 Å². The fraction of sp³-hybridized carbons (Fsp3) is 0.300. The SMILES string of the molecule is O=Cc1c(F)ccc(C(O)C(O)CO)c1F. The molecular formula is C10H10F2O4. The van der Waals surface area contributed by atoms with E-state index >= 15 is 0 Å². The Bertz CT molecular complexity index is 395. The van der Waals surface area contributed by atoms with Gasteiger partial charge in [0.05, 0.1) is 12.2 Å². The molecule has 0 fully saturated rings. The molecule has 2 atom stereocenters. The van der Waals surface area contributed by atoms with E-state index in [1.807, 2.05) is 0 Å². The van der Waals surface area contributed by atoms with Crippen molar-refractivity contribution in [2.75, 3.05) is 6.61 Å². The Balaban J connectivity index is 3.20. The number of aliphatic hydroxyl groups excluding tert-OH is 3. The molecule has 88 valence electrons. The third-order valence-corrected chi connectivity index (χ3v) is 2.14. The first-order chi connectivity index (χ1) is 7.52. The van der Waals surface area contributed by atoms with E-state index in [2.05, 4.69) is 0 Å². The van der Waals surface area contributed by atoms with Crippen LogP contribution in [0.25, 0.3) is 0 Å². The Morgan fingerprint density at radius 2 is 1.94 bits per heavy atom. The summed E-state index contributed by atoms with van der Waals surface area (Å²) in [6.07, 6.45) is -3.34. The van der Waals surface area contributed by atoms with E-state index in [-0.39, 0.29) is 6.29 Å². The average molecular weight is 232 g/mol. The van der Waals surface area contributed by atoms with E-state index in [4.69, 9.17) is 10.2 Å². The second kappa shape index (κ2) is 5.11. The second-order valence-electron chi connectivity index (χ2n) is 3.18. The molecule has 0 aromatic heterocycles. The van der Waals surface area contributed by atoms with Crippen LogP contribution in [-0.2, 0) is 0 Å². The summed E-state index contributed by atoms with van der Waals surface area (Å²) in [7, 11) is 0. The maximum absolute atomic E-state index is 13.5. The molecule has 0 aliphatic carbocycles. The minimum Gasteiger partial charge on any atom is -0.394 e. The number of halogens is 2. The minimum absolute atomic E-state index is 0.0216. The highest BCUT2D eigenvalue weighted by Crippen LogP contribution is 2.23. The van der Waals surface area contributed by atoms with Crippen LogP contribution in [-0.4, -0.2) is 34.3 Å². The first kappa shape index (κ1) is 12.7. The van der Waals surface area contributed by atoms with Gasteiger partial charge in [0, 0.05) is 5.56 Å². The van der Waals surface area contributed by atoms with E-state index in [0.717, 1.165) is 12.1 Å². The number of carbonyl (C=O) groups excluding carboxylic acids is 1. The first-order valence-corrected chi connectivity index (χ1v) is 4.43. The van der Waals surface area contributed by atoms with Crippen LogP contribution < -0.4 is 0 Å². The van der Waals surface area contributed by atoms with Gasteiger partial charge in [0.25, 0.3) is 0 Å². The monoisotopic (exact) mass is 232 g/mol. The largest absolute Gasteiger partial charge is 0.394 e. The summed E-state index contributed by atoms with van der Waals surface area (Å²) in [5.74, 6) is -2.29. The molecule has 0 radical (unpaired) electrons. The highest BCUT2D eigenvalue weighted by molar-refractivity contribution is 5.76. The number of aldehydes is 1. The van der Waals surface area contributed by atoms with Crippen molar-refractivity contribution < 1.29 is 28.9 Å². The van der Waals surface area contributed by atoms with Crippen LogP contribution >= 0.6 is 0 Å². The molecule has 0 aliphatic rings. The smallest absolute Gasteiger partial charge is 0.155 e. The molecule has 1 aromatic rings. The van der Waals surface area contributed by atoms with Gasteiger partial charge in [0.1, 0.15) is 23.8 Å². The zero-order valence-corrected chi connectivity index (χ0v) is 8.10. The van der Waals surface area contributed by atoms with Crippen molar-refractivity contribution in [1.29, 1.82) is 0 Å². The fourth-order valence-corrected chi connectivity index (χ4v) is 1.23. The lowest BCUT2D eigenvalue weighted by Gasteiger charge is -2.17. The predicted molar refractivity (Wildman–Crippen MR) is 49.8 cm³/mol. The van der Waals surface area contributed by atoms with Crippen LogP contribution in [0.4, 0.5) is 8.78 Å². The topological polar surface area (TPSA) is 77.8 Å². The molecule has 0 heterocycles. The van der Waals surface area contributed by atoms with Crippen LogP contribution in [0.1, 0.15) is 22.0 Å². The van der Waals surface area contributed by atoms with Crippen molar-refractivity contribution in [1.82, 2.24) is 0 Å². The number of rotatable bonds is 4. The number of carbonyl (C=O) groups is 1. The molecule has 1 aromatic carbocycles. The van der Waals surface area contributed by atoms with Gasteiger partial charge in [-0.1, -0.05) is 6.07 Å². The molecule has 1 rings (SSSR count). The highest BCUT2D eigenvalue weighted by Gasteiger charge is 2.23. The molecule has 0 spiro atoms. The van der Waals surface area contributed by atoms with Gasteiger partial charge in [-0.25, -0.2) is 8.78 Å². The summed E-state index contributed by atoms with van der Waals surface area (Å²) in [5, 5.41) is 27.0. The summed E-state index contributed by atoms with van der Waals surface area (Å²) >= 11 is 0. The zero-order valence-electron chi connectivity index (χ0n) is 8.10. The summed E-state index contributed by atoms with van der Waals surface area (Å²) in [5.41, 5.74) is -1.26. The second-order valence-corrected chi connectivity index (χ2v) is 3.18. The Kier molecular flexibility index (Phi) is 4.05. The van der Waals surface area contributed by atoms with Crippen LogP contribution in [0.15, 0.2) is 12.1 Å². The lowest BCUT2D eigenvalue weighted by Crippen LogP contribution is -2.23. The van der Waals surface area contributed by atoms with E-state index in [0.29, 0.717) is 0 Å². The van der Waals surface area contributed by atoms with E-state index < -0.39 is 41.6 Å². The lowest BCUT2D eigenvalue weighted by molar-refractivity contribution is -0.0169. The Labute approximate surface area is 89.8 Å². The van der Waals surface area contributed by atoms with Crippen molar-refractivity contribution in [3.05, 3.63) is 34.9 Å². The number of aliphatic hydroxyl groups is 3. The molecule has 3 N–H and O–H groups in total. The number of hydrogen-bond acceptors (Lipinski definition) is 4. The van der Waals surface area contributed by atoms with E-state index in [1.54, 1.807) is 0 Å². The zero-order chi connectivity index (χ0) is 12.3. The quantitative estimate of drug-likeness (QED) is 0.646. The van der Waals surface area contributed by atoms with Crippen molar-refractivity contribution in [3.8, 4) is 0 Å². The number of hydrogen-bond donors (Lipinski definition) is 3. The summed E-state index contributed by atoms with van der Waals surface area (Å²) in [6.45, 7) is -0.783. The normalized spacial score (nSPS) is 14.6. The lowest BCUT2D eigenvalue weighted by atomic mass is 10.0. The van der Waals surface area contributed by atoms with Crippen LogP contribution in [0.2, 0.25) is 0 Å². The molecule has 0 saturated carbocycles. The van der Waals surface area contributed by atoms with Gasteiger partial charge in [0.2, 0.25) is 0 Å². The van der Waals surface area contributed by atoms with Crippen molar-refractivity contribution >= 4 is 6.29 Å². The molecule has 6 heteroatoms. The predicted octanol–water partition coefficient (Wildman–Crippen LogP) is 0.164. The molecule has 0 aliphatic heterocycles. The maximum atomic E-state index is 13.5. The summed E-state index contributed by atoms with van der Waals surface area (Å²) in [4.78, 5) is 10.4. The van der Waals surface area contributed by atoms with Crippen LogP contribution in [0.5, 0.6) is 0 Å². The Morgan fingerprint density at radius 3 is 2.44 bits per heavy atom. The highest BCUT2D eigenvalue weighted by atomic mass is 19.1. The Hall–Kier alpha value is -1.37. The summed E-state index contributed by atoms with van der Waals surface area (Å²) in [6, 6.07) is 1.71. The fourth-order valence-electron chi connectivity index (χ4n) is 1.23. The first-order valence-electron chi connectivity index (χ1n) is 4.43. The molecule has 0 amide bonds. The van der Waals surface area contributed by atoms with E-state index in [1.165, 1.54) is 0 Å². The van der Waals surface area contributed by atoms with Gasteiger partial charge in [-0.05, 0) is 6.07 Å². The van der Waals surface area contributed by atoms with Crippen molar-refractivity contribution in [2.24, 2.45) is 0 Å². The van der Waals surface area contributed by atoms with Gasteiger partial charge in [0.15, 0.2) is 6.29 Å². The Morgan fingerprint density at radius 1 is 1.31 bits per heavy atom. The van der Waals surface area contributed by atoms with Gasteiger partial charge in [-0.2, -0.15) is 0 Å².